The van der Waals surface area contributed by atoms with Crippen molar-refractivity contribution in [2.75, 3.05) is 0 Å². The number of carbonyl (C=O) groups excluding carboxylic acids is 1. The molecule has 0 aromatic heterocycles. The molecule has 0 heterocycles. The minimum atomic E-state index is -0.127. The SMILES string of the molecule is O=C(NNC1=CCC(c2ccccc2)CC1)c1cccc(Br)c1. The second-order valence-electron chi connectivity index (χ2n) is 5.70. The van der Waals surface area contributed by atoms with Gasteiger partial charge in [0.05, 0.1) is 0 Å². The Morgan fingerprint density at radius 2 is 1.91 bits per heavy atom. The molecule has 2 N–H and O–H groups in total. The van der Waals surface area contributed by atoms with E-state index in [1.165, 1.54) is 5.56 Å². The first kappa shape index (κ1) is 15.8. The topological polar surface area (TPSA) is 41.1 Å². The Morgan fingerprint density at radius 1 is 1.09 bits per heavy atom. The fraction of sp³-hybridized carbons (Fsp3) is 0.211. The van der Waals surface area contributed by atoms with Crippen molar-refractivity contribution in [3.05, 3.63) is 82.0 Å². The molecule has 1 aliphatic rings. The largest absolute Gasteiger partial charge is 0.303 e. The van der Waals surface area contributed by atoms with E-state index < -0.39 is 0 Å². The van der Waals surface area contributed by atoms with Crippen molar-refractivity contribution in [3.63, 3.8) is 0 Å². The summed E-state index contributed by atoms with van der Waals surface area (Å²) in [6, 6.07) is 17.9. The summed E-state index contributed by atoms with van der Waals surface area (Å²) < 4.78 is 0.896. The lowest BCUT2D eigenvalue weighted by atomic mass is 9.87. The second-order valence-corrected chi connectivity index (χ2v) is 6.62. The van der Waals surface area contributed by atoms with Crippen LogP contribution in [-0.2, 0) is 0 Å². The third-order valence-corrected chi connectivity index (χ3v) is 4.60. The molecular weight excluding hydrogens is 352 g/mol. The van der Waals surface area contributed by atoms with Gasteiger partial charge >= 0.3 is 0 Å². The minimum Gasteiger partial charge on any atom is -0.303 e. The molecule has 0 bridgehead atoms. The molecular formula is C19H19BrN2O. The van der Waals surface area contributed by atoms with Gasteiger partial charge in [-0.25, -0.2) is 0 Å². The molecule has 0 saturated carbocycles. The van der Waals surface area contributed by atoms with Crippen LogP contribution in [0.5, 0.6) is 0 Å². The number of allylic oxidation sites excluding steroid dienone is 2. The van der Waals surface area contributed by atoms with Crippen molar-refractivity contribution < 1.29 is 4.79 Å². The first-order chi connectivity index (χ1) is 11.2. The number of nitrogens with one attached hydrogen (secondary N) is 2. The summed E-state index contributed by atoms with van der Waals surface area (Å²) in [6.45, 7) is 0. The van der Waals surface area contributed by atoms with Crippen molar-refractivity contribution in [1.29, 1.82) is 0 Å². The van der Waals surface area contributed by atoms with Crippen LogP contribution in [-0.4, -0.2) is 5.91 Å². The Balaban J connectivity index is 1.54. The molecule has 2 aromatic carbocycles. The Hall–Kier alpha value is -2.07. The summed E-state index contributed by atoms with van der Waals surface area (Å²) in [5, 5.41) is 0. The summed E-state index contributed by atoms with van der Waals surface area (Å²) in [5.41, 5.74) is 8.93. The predicted octanol–water partition coefficient (Wildman–Crippen LogP) is 4.54. The minimum absolute atomic E-state index is 0.127. The first-order valence-electron chi connectivity index (χ1n) is 7.78. The zero-order valence-corrected chi connectivity index (χ0v) is 14.3. The van der Waals surface area contributed by atoms with E-state index in [-0.39, 0.29) is 5.91 Å². The fourth-order valence-electron chi connectivity index (χ4n) is 2.81. The number of hydrogen-bond acceptors (Lipinski definition) is 2. The lowest BCUT2D eigenvalue weighted by molar-refractivity contribution is 0.0938. The number of rotatable bonds is 4. The summed E-state index contributed by atoms with van der Waals surface area (Å²) in [4.78, 5) is 12.1. The van der Waals surface area contributed by atoms with Gasteiger partial charge in [-0.2, -0.15) is 0 Å². The van der Waals surface area contributed by atoms with Gasteiger partial charge in [0.15, 0.2) is 0 Å². The Labute approximate surface area is 144 Å². The molecule has 0 saturated heterocycles. The van der Waals surface area contributed by atoms with Crippen LogP contribution in [0, 0.1) is 0 Å². The normalized spacial score (nSPS) is 17.3. The van der Waals surface area contributed by atoms with Gasteiger partial charge in [0.2, 0.25) is 0 Å². The quantitative estimate of drug-likeness (QED) is 0.775. The van der Waals surface area contributed by atoms with Gasteiger partial charge in [0.25, 0.3) is 5.91 Å². The highest BCUT2D eigenvalue weighted by atomic mass is 79.9. The number of halogens is 1. The van der Waals surface area contributed by atoms with Crippen LogP contribution < -0.4 is 10.9 Å². The van der Waals surface area contributed by atoms with Gasteiger partial charge in [-0.15, -0.1) is 0 Å². The van der Waals surface area contributed by atoms with Crippen LogP contribution in [0.25, 0.3) is 0 Å². The van der Waals surface area contributed by atoms with Crippen molar-refractivity contribution in [2.45, 2.75) is 25.2 Å². The average Bonchev–Trinajstić information content (AvgIpc) is 2.61. The Bertz CT molecular complexity index is 712. The molecule has 4 heteroatoms. The Morgan fingerprint density at radius 3 is 2.61 bits per heavy atom. The van der Waals surface area contributed by atoms with Crippen LogP contribution in [0.15, 0.2) is 70.8 Å². The highest BCUT2D eigenvalue weighted by Gasteiger charge is 2.16. The summed E-state index contributed by atoms with van der Waals surface area (Å²) >= 11 is 3.38. The van der Waals surface area contributed by atoms with Gasteiger partial charge in [-0.1, -0.05) is 58.4 Å². The van der Waals surface area contributed by atoms with Crippen molar-refractivity contribution in [1.82, 2.24) is 10.9 Å². The number of carbonyl (C=O) groups is 1. The standard InChI is InChI=1S/C19H19BrN2O/c20-17-8-4-7-16(13-17)19(23)22-21-18-11-9-15(10-12-18)14-5-2-1-3-6-14/h1-8,11,13,15,21H,9-10,12H2,(H,22,23). The van der Waals surface area contributed by atoms with Gasteiger partial charge in [-0.05, 0) is 48.9 Å². The molecule has 1 amide bonds. The van der Waals surface area contributed by atoms with E-state index in [9.17, 15) is 4.79 Å². The molecule has 0 aliphatic heterocycles. The highest BCUT2D eigenvalue weighted by Crippen LogP contribution is 2.30. The lowest BCUT2D eigenvalue weighted by Crippen LogP contribution is -2.37. The average molecular weight is 371 g/mol. The maximum Gasteiger partial charge on any atom is 0.269 e. The number of hydrogen-bond donors (Lipinski definition) is 2. The van der Waals surface area contributed by atoms with Gasteiger partial charge in [0, 0.05) is 15.7 Å². The fourth-order valence-corrected chi connectivity index (χ4v) is 3.21. The van der Waals surface area contributed by atoms with E-state index in [0.29, 0.717) is 11.5 Å². The maximum atomic E-state index is 12.1. The monoisotopic (exact) mass is 370 g/mol. The second kappa shape index (κ2) is 7.47. The number of hydrazine groups is 1. The van der Waals surface area contributed by atoms with E-state index in [0.717, 1.165) is 29.4 Å². The van der Waals surface area contributed by atoms with Gasteiger partial charge < -0.3 is 5.43 Å². The zero-order chi connectivity index (χ0) is 16.1. The van der Waals surface area contributed by atoms with E-state index in [2.05, 4.69) is 57.1 Å². The highest BCUT2D eigenvalue weighted by molar-refractivity contribution is 9.10. The maximum absolute atomic E-state index is 12.1. The van der Waals surface area contributed by atoms with Crippen molar-refractivity contribution in [2.24, 2.45) is 0 Å². The number of amides is 1. The molecule has 3 rings (SSSR count). The molecule has 0 fully saturated rings. The van der Waals surface area contributed by atoms with Crippen LogP contribution in [0.4, 0.5) is 0 Å². The molecule has 1 unspecified atom stereocenters. The van der Waals surface area contributed by atoms with Crippen molar-refractivity contribution in [3.8, 4) is 0 Å². The van der Waals surface area contributed by atoms with Gasteiger partial charge in [-0.3, -0.25) is 10.2 Å². The Kier molecular flexibility index (Phi) is 5.13. The molecule has 3 nitrogen and oxygen atoms in total. The first-order valence-corrected chi connectivity index (χ1v) is 8.57. The predicted molar refractivity (Wildman–Crippen MR) is 95.9 cm³/mol. The third kappa shape index (κ3) is 4.23. The van der Waals surface area contributed by atoms with Crippen LogP contribution in [0.2, 0.25) is 0 Å². The smallest absolute Gasteiger partial charge is 0.269 e. The van der Waals surface area contributed by atoms with E-state index >= 15 is 0 Å². The van der Waals surface area contributed by atoms with E-state index in [4.69, 9.17) is 0 Å². The molecule has 1 atom stereocenters. The van der Waals surface area contributed by atoms with Crippen LogP contribution in [0.3, 0.4) is 0 Å². The van der Waals surface area contributed by atoms with Crippen molar-refractivity contribution >= 4 is 21.8 Å². The molecule has 0 spiro atoms. The molecule has 0 radical (unpaired) electrons. The number of benzene rings is 2. The molecule has 2 aromatic rings. The molecule has 1 aliphatic carbocycles. The van der Waals surface area contributed by atoms with Crippen LogP contribution >= 0.6 is 15.9 Å². The summed E-state index contributed by atoms with van der Waals surface area (Å²) in [7, 11) is 0. The summed E-state index contributed by atoms with van der Waals surface area (Å²) in [6.07, 6.45) is 5.22. The summed E-state index contributed by atoms with van der Waals surface area (Å²) in [5.74, 6) is 0.444. The van der Waals surface area contributed by atoms with E-state index in [1.54, 1.807) is 12.1 Å². The van der Waals surface area contributed by atoms with E-state index in [1.807, 2.05) is 18.2 Å². The van der Waals surface area contributed by atoms with Gasteiger partial charge in [0.1, 0.15) is 0 Å². The lowest BCUT2D eigenvalue weighted by Gasteiger charge is -2.23. The zero-order valence-electron chi connectivity index (χ0n) is 12.8. The van der Waals surface area contributed by atoms with Crippen LogP contribution in [0.1, 0.15) is 41.1 Å². The third-order valence-electron chi connectivity index (χ3n) is 4.11. The molecule has 23 heavy (non-hydrogen) atoms. The molecule has 118 valence electrons.